The molecule has 0 atom stereocenters. The van der Waals surface area contributed by atoms with Crippen molar-refractivity contribution in [1.82, 2.24) is 9.97 Å². The molecule has 1 fully saturated rings. The first kappa shape index (κ1) is 16.9. The van der Waals surface area contributed by atoms with E-state index >= 15 is 0 Å². The average molecular weight is 408 g/mol. The van der Waals surface area contributed by atoms with E-state index in [2.05, 4.69) is 31.2 Å². The molecule has 130 valence electrons. The van der Waals surface area contributed by atoms with Crippen molar-refractivity contribution < 1.29 is 4.79 Å². The van der Waals surface area contributed by atoms with Crippen LogP contribution in [0.3, 0.4) is 0 Å². The molecule has 1 aliphatic rings. The highest BCUT2D eigenvalue weighted by atomic mass is 79.9. The molecule has 1 saturated carbocycles. The van der Waals surface area contributed by atoms with Crippen LogP contribution >= 0.6 is 15.9 Å². The van der Waals surface area contributed by atoms with Gasteiger partial charge < -0.3 is 5.32 Å². The van der Waals surface area contributed by atoms with E-state index in [9.17, 15) is 4.79 Å². The summed E-state index contributed by atoms with van der Waals surface area (Å²) in [5.41, 5.74) is 3.26. The Hall–Kier alpha value is -2.53. The number of aromatic nitrogens is 2. The van der Waals surface area contributed by atoms with Gasteiger partial charge >= 0.3 is 0 Å². The van der Waals surface area contributed by atoms with Crippen LogP contribution in [0.2, 0.25) is 0 Å². The summed E-state index contributed by atoms with van der Waals surface area (Å²) in [5, 5.41) is 3.09. The van der Waals surface area contributed by atoms with Gasteiger partial charge in [-0.3, -0.25) is 4.79 Å². The van der Waals surface area contributed by atoms with Crippen molar-refractivity contribution >= 4 is 27.5 Å². The molecule has 5 heteroatoms. The van der Waals surface area contributed by atoms with E-state index in [0.717, 1.165) is 45.6 Å². The Balaban J connectivity index is 1.57. The van der Waals surface area contributed by atoms with Crippen LogP contribution in [0.15, 0.2) is 65.3 Å². The van der Waals surface area contributed by atoms with Gasteiger partial charge in [-0.1, -0.05) is 40.2 Å². The summed E-state index contributed by atoms with van der Waals surface area (Å²) in [5.74, 6) is 0.778. The predicted octanol–water partition coefficient (Wildman–Crippen LogP) is 4.88. The van der Waals surface area contributed by atoms with Crippen molar-refractivity contribution in [3.05, 3.63) is 76.7 Å². The fraction of sp³-hybridized carbons (Fsp3) is 0.190. The van der Waals surface area contributed by atoms with E-state index in [-0.39, 0.29) is 5.91 Å². The summed E-state index contributed by atoms with van der Waals surface area (Å²) in [6.07, 6.45) is 3.51. The maximum atomic E-state index is 12.9. The van der Waals surface area contributed by atoms with Gasteiger partial charge in [0, 0.05) is 21.9 Å². The quantitative estimate of drug-likeness (QED) is 0.669. The molecule has 0 radical (unpaired) electrons. The molecule has 1 amide bonds. The molecule has 1 N–H and O–H groups in total. The molecule has 0 saturated heterocycles. The molecule has 1 aliphatic carbocycles. The Morgan fingerprint density at radius 3 is 2.58 bits per heavy atom. The van der Waals surface area contributed by atoms with Gasteiger partial charge in [-0.25, -0.2) is 9.97 Å². The number of aryl methyl sites for hydroxylation is 1. The van der Waals surface area contributed by atoms with Crippen molar-refractivity contribution in [2.24, 2.45) is 0 Å². The zero-order valence-electron chi connectivity index (χ0n) is 14.4. The summed E-state index contributed by atoms with van der Waals surface area (Å²) in [6, 6.07) is 17.7. The number of carbonyl (C=O) groups excluding carboxylic acids is 1. The van der Waals surface area contributed by atoms with Crippen LogP contribution in [-0.4, -0.2) is 15.9 Å². The molecular formula is C21H18BrN3O. The molecule has 0 aliphatic heterocycles. The van der Waals surface area contributed by atoms with Crippen LogP contribution in [0.1, 0.15) is 24.2 Å². The standard InChI is InChI=1S/C21H18BrN3O/c1-14-23-12-9-19(24-14)15-3-2-4-18(13-15)25-20(26)21(10-11-21)16-5-7-17(22)8-6-16/h2-9,12-13H,10-11H2,1H3,(H,25,26). The van der Waals surface area contributed by atoms with Crippen molar-refractivity contribution in [3.63, 3.8) is 0 Å². The summed E-state index contributed by atoms with van der Waals surface area (Å²) >= 11 is 3.45. The maximum Gasteiger partial charge on any atom is 0.235 e. The smallest absolute Gasteiger partial charge is 0.235 e. The summed E-state index contributed by atoms with van der Waals surface area (Å²) < 4.78 is 1.02. The fourth-order valence-corrected chi connectivity index (χ4v) is 3.43. The van der Waals surface area contributed by atoms with Gasteiger partial charge in [0.1, 0.15) is 5.82 Å². The van der Waals surface area contributed by atoms with E-state index in [1.54, 1.807) is 6.20 Å². The second-order valence-corrected chi connectivity index (χ2v) is 7.53. The van der Waals surface area contributed by atoms with Gasteiger partial charge in [0.25, 0.3) is 0 Å². The Morgan fingerprint density at radius 2 is 1.88 bits per heavy atom. The highest BCUT2D eigenvalue weighted by molar-refractivity contribution is 9.10. The number of hydrogen-bond donors (Lipinski definition) is 1. The molecule has 4 rings (SSSR count). The van der Waals surface area contributed by atoms with Gasteiger partial charge in [0.2, 0.25) is 5.91 Å². The SMILES string of the molecule is Cc1nccc(-c2cccc(NC(=O)C3(c4ccc(Br)cc4)CC3)c2)n1. The molecule has 2 aromatic carbocycles. The normalized spacial score (nSPS) is 14.7. The van der Waals surface area contributed by atoms with Gasteiger partial charge in [0.15, 0.2) is 0 Å². The summed E-state index contributed by atoms with van der Waals surface area (Å²) in [6.45, 7) is 1.87. The zero-order chi connectivity index (χ0) is 18.1. The number of nitrogens with one attached hydrogen (secondary N) is 1. The molecule has 1 heterocycles. The van der Waals surface area contributed by atoms with Gasteiger partial charge in [-0.2, -0.15) is 0 Å². The lowest BCUT2D eigenvalue weighted by molar-refractivity contribution is -0.118. The minimum Gasteiger partial charge on any atom is -0.325 e. The van der Waals surface area contributed by atoms with Crippen LogP contribution in [0.25, 0.3) is 11.3 Å². The van der Waals surface area contributed by atoms with Crippen molar-refractivity contribution in [3.8, 4) is 11.3 Å². The number of anilines is 1. The van der Waals surface area contributed by atoms with Crippen molar-refractivity contribution in [2.75, 3.05) is 5.32 Å². The predicted molar refractivity (Wildman–Crippen MR) is 106 cm³/mol. The molecule has 0 unspecified atom stereocenters. The van der Waals surface area contributed by atoms with E-state index in [4.69, 9.17) is 0 Å². The monoisotopic (exact) mass is 407 g/mol. The minimum absolute atomic E-state index is 0.0517. The highest BCUT2D eigenvalue weighted by Crippen LogP contribution is 2.49. The molecule has 1 aromatic heterocycles. The van der Waals surface area contributed by atoms with Crippen molar-refractivity contribution in [2.45, 2.75) is 25.2 Å². The zero-order valence-corrected chi connectivity index (χ0v) is 16.0. The molecule has 0 bridgehead atoms. The molecule has 0 spiro atoms. The van der Waals surface area contributed by atoms with Gasteiger partial charge in [0.05, 0.1) is 11.1 Å². The molecule has 3 aromatic rings. The Kier molecular flexibility index (Phi) is 4.32. The summed E-state index contributed by atoms with van der Waals surface area (Å²) in [7, 11) is 0. The Morgan fingerprint density at radius 1 is 1.12 bits per heavy atom. The van der Waals surface area contributed by atoms with Crippen LogP contribution in [0, 0.1) is 6.92 Å². The number of carbonyl (C=O) groups is 1. The topological polar surface area (TPSA) is 54.9 Å². The third kappa shape index (κ3) is 3.27. The molecular weight excluding hydrogens is 390 g/mol. The number of hydrogen-bond acceptors (Lipinski definition) is 3. The number of halogens is 1. The third-order valence-electron chi connectivity index (χ3n) is 4.77. The minimum atomic E-state index is -0.401. The van der Waals surface area contributed by atoms with E-state index in [1.165, 1.54) is 0 Å². The van der Waals surface area contributed by atoms with Crippen LogP contribution in [0.5, 0.6) is 0 Å². The second-order valence-electron chi connectivity index (χ2n) is 6.61. The number of benzene rings is 2. The van der Waals surface area contributed by atoms with E-state index in [1.807, 2.05) is 61.5 Å². The van der Waals surface area contributed by atoms with Crippen LogP contribution < -0.4 is 5.32 Å². The second kappa shape index (κ2) is 6.65. The first-order valence-electron chi connectivity index (χ1n) is 8.54. The number of nitrogens with zero attached hydrogens (tertiary/aromatic N) is 2. The number of amides is 1. The lowest BCUT2D eigenvalue weighted by Crippen LogP contribution is -2.27. The van der Waals surface area contributed by atoms with Crippen LogP contribution in [-0.2, 0) is 10.2 Å². The van der Waals surface area contributed by atoms with Gasteiger partial charge in [-0.05, 0) is 55.7 Å². The van der Waals surface area contributed by atoms with E-state index in [0.29, 0.717) is 0 Å². The number of rotatable bonds is 4. The highest BCUT2D eigenvalue weighted by Gasteiger charge is 2.51. The van der Waals surface area contributed by atoms with Crippen LogP contribution in [0.4, 0.5) is 5.69 Å². The van der Waals surface area contributed by atoms with E-state index < -0.39 is 5.41 Å². The lowest BCUT2D eigenvalue weighted by atomic mass is 9.95. The average Bonchev–Trinajstić information content (AvgIpc) is 3.45. The van der Waals surface area contributed by atoms with Gasteiger partial charge in [-0.15, -0.1) is 0 Å². The maximum absolute atomic E-state index is 12.9. The fourth-order valence-electron chi connectivity index (χ4n) is 3.16. The molecule has 26 heavy (non-hydrogen) atoms. The third-order valence-corrected chi connectivity index (χ3v) is 5.30. The first-order chi connectivity index (χ1) is 12.6. The lowest BCUT2D eigenvalue weighted by Gasteiger charge is -2.16. The van der Waals surface area contributed by atoms with Crippen molar-refractivity contribution in [1.29, 1.82) is 0 Å². The summed E-state index contributed by atoms with van der Waals surface area (Å²) in [4.78, 5) is 21.5. The Labute approximate surface area is 160 Å². The Bertz CT molecular complexity index is 965. The molecule has 4 nitrogen and oxygen atoms in total. The largest absolute Gasteiger partial charge is 0.325 e. The first-order valence-corrected chi connectivity index (χ1v) is 9.34.